The van der Waals surface area contributed by atoms with Crippen LogP contribution in [0.1, 0.15) is 42.9 Å². The van der Waals surface area contributed by atoms with E-state index in [2.05, 4.69) is 6.92 Å². The Hall–Kier alpha value is -0.800. The molecule has 0 atom stereocenters. The second-order valence-corrected chi connectivity index (χ2v) is 5.68. The summed E-state index contributed by atoms with van der Waals surface area (Å²) in [4.78, 5) is 0.562. The number of rotatable bonds is 7. The first-order chi connectivity index (χ1) is 8.97. The number of halogens is 1. The number of nitrogens with two attached hydrogens (primary N) is 1. The minimum atomic E-state index is 0.562. The van der Waals surface area contributed by atoms with E-state index in [-0.39, 0.29) is 0 Å². The molecule has 1 rings (SSSR count). The van der Waals surface area contributed by atoms with Gasteiger partial charge in [0.2, 0.25) is 0 Å². The van der Waals surface area contributed by atoms with Crippen LogP contribution in [0, 0.1) is 13.8 Å². The molecule has 1 aromatic carbocycles. The Morgan fingerprint density at radius 2 is 2.11 bits per heavy atom. The summed E-state index contributed by atoms with van der Waals surface area (Å²) in [6, 6.07) is 2.03. The van der Waals surface area contributed by atoms with Crippen molar-refractivity contribution in [2.45, 2.75) is 46.5 Å². The summed E-state index contributed by atoms with van der Waals surface area (Å²) in [5.41, 5.74) is 8.89. The number of benzene rings is 1. The van der Waals surface area contributed by atoms with Crippen molar-refractivity contribution >= 4 is 28.8 Å². The van der Waals surface area contributed by atoms with Gasteiger partial charge in [0.25, 0.3) is 0 Å². The van der Waals surface area contributed by atoms with Gasteiger partial charge in [0.05, 0.1) is 11.6 Å². The molecule has 0 saturated heterocycles. The summed E-state index contributed by atoms with van der Waals surface area (Å²) in [6.07, 6.45) is 3.57. The van der Waals surface area contributed by atoms with Crippen molar-refractivity contribution in [3.8, 4) is 5.75 Å². The van der Waals surface area contributed by atoms with E-state index in [0.717, 1.165) is 54.2 Å². The molecule has 2 nitrogen and oxygen atoms in total. The lowest BCUT2D eigenvalue weighted by Gasteiger charge is -2.16. The van der Waals surface area contributed by atoms with E-state index in [4.69, 9.17) is 34.3 Å². The lowest BCUT2D eigenvalue weighted by Crippen LogP contribution is -2.08. The number of hydrogen-bond acceptors (Lipinski definition) is 2. The topological polar surface area (TPSA) is 35.2 Å². The van der Waals surface area contributed by atoms with Gasteiger partial charge in [-0.2, -0.15) is 0 Å². The fraction of sp³-hybridized carbons (Fsp3) is 0.533. The fourth-order valence-corrected chi connectivity index (χ4v) is 2.36. The Labute approximate surface area is 126 Å². The normalized spacial score (nSPS) is 10.5. The number of hydrogen-bond donors (Lipinski definition) is 1. The number of ether oxygens (including phenoxy) is 1. The minimum absolute atomic E-state index is 0.562. The first-order valence-electron chi connectivity index (χ1n) is 6.67. The molecule has 0 unspecified atom stereocenters. The van der Waals surface area contributed by atoms with Crippen LogP contribution in [0.2, 0.25) is 5.02 Å². The van der Waals surface area contributed by atoms with E-state index in [1.807, 2.05) is 19.9 Å². The van der Waals surface area contributed by atoms with Gasteiger partial charge in [-0.3, -0.25) is 0 Å². The quantitative estimate of drug-likeness (QED) is 0.760. The average molecular weight is 300 g/mol. The third kappa shape index (κ3) is 4.66. The van der Waals surface area contributed by atoms with Crippen LogP contribution in [0.5, 0.6) is 5.75 Å². The predicted octanol–water partition coefficient (Wildman–Crippen LogP) is 4.35. The van der Waals surface area contributed by atoms with Crippen LogP contribution in [0.4, 0.5) is 0 Å². The molecule has 0 aromatic heterocycles. The van der Waals surface area contributed by atoms with Crippen LogP contribution in [-0.2, 0) is 6.42 Å². The van der Waals surface area contributed by atoms with E-state index >= 15 is 0 Å². The zero-order valence-corrected chi connectivity index (χ0v) is 13.5. The molecule has 0 fully saturated rings. The zero-order valence-electron chi connectivity index (χ0n) is 11.9. The monoisotopic (exact) mass is 299 g/mol. The Morgan fingerprint density at radius 1 is 1.42 bits per heavy atom. The van der Waals surface area contributed by atoms with Gasteiger partial charge in [0.15, 0.2) is 0 Å². The Morgan fingerprint density at radius 3 is 2.68 bits per heavy atom. The van der Waals surface area contributed by atoms with Crippen molar-refractivity contribution < 1.29 is 4.74 Å². The van der Waals surface area contributed by atoms with Gasteiger partial charge in [-0.1, -0.05) is 30.7 Å². The second-order valence-electron chi connectivity index (χ2n) is 4.78. The van der Waals surface area contributed by atoms with Crippen molar-refractivity contribution in [3.05, 3.63) is 27.8 Å². The molecule has 1 aromatic rings. The smallest absolute Gasteiger partial charge is 0.123 e. The van der Waals surface area contributed by atoms with Gasteiger partial charge in [0, 0.05) is 5.02 Å². The summed E-state index contributed by atoms with van der Waals surface area (Å²) < 4.78 is 5.84. The Balaban J connectivity index is 2.96. The van der Waals surface area contributed by atoms with Gasteiger partial charge in [-0.25, -0.2) is 0 Å². The standard InChI is InChI=1S/C15H22ClNOS/c1-4-8-18-13-9-10(2)15(16)11(3)12(13)6-5-7-14(17)19/h9H,4-8H2,1-3H3,(H2,17,19). The molecule has 4 heteroatoms. The molecule has 0 spiro atoms. The highest BCUT2D eigenvalue weighted by Gasteiger charge is 2.13. The molecule has 0 saturated carbocycles. The molecule has 0 heterocycles. The highest BCUT2D eigenvalue weighted by Crippen LogP contribution is 2.32. The van der Waals surface area contributed by atoms with Crippen LogP contribution >= 0.6 is 23.8 Å². The number of aryl methyl sites for hydroxylation is 1. The summed E-state index contributed by atoms with van der Waals surface area (Å²) in [7, 11) is 0. The van der Waals surface area contributed by atoms with Crippen molar-refractivity contribution in [2.75, 3.05) is 6.61 Å². The third-order valence-electron chi connectivity index (χ3n) is 3.08. The average Bonchev–Trinajstić information content (AvgIpc) is 2.36. The zero-order chi connectivity index (χ0) is 14.4. The fourth-order valence-electron chi connectivity index (χ4n) is 2.05. The van der Waals surface area contributed by atoms with Crippen LogP contribution in [0.15, 0.2) is 6.07 Å². The van der Waals surface area contributed by atoms with E-state index in [1.165, 1.54) is 5.56 Å². The van der Waals surface area contributed by atoms with E-state index in [0.29, 0.717) is 4.99 Å². The minimum Gasteiger partial charge on any atom is -0.493 e. The maximum atomic E-state index is 6.32. The molecule has 0 radical (unpaired) electrons. The summed E-state index contributed by atoms with van der Waals surface area (Å²) in [6.45, 7) is 6.88. The van der Waals surface area contributed by atoms with Gasteiger partial charge in [-0.15, -0.1) is 0 Å². The van der Waals surface area contributed by atoms with Gasteiger partial charge in [0.1, 0.15) is 5.75 Å². The van der Waals surface area contributed by atoms with Crippen molar-refractivity contribution in [1.82, 2.24) is 0 Å². The maximum absolute atomic E-state index is 6.32. The molecule has 19 heavy (non-hydrogen) atoms. The molecule has 106 valence electrons. The lowest BCUT2D eigenvalue weighted by atomic mass is 9.99. The summed E-state index contributed by atoms with van der Waals surface area (Å²) >= 11 is 11.2. The molecular weight excluding hydrogens is 278 g/mol. The summed E-state index contributed by atoms with van der Waals surface area (Å²) in [5.74, 6) is 0.948. The molecule has 2 N–H and O–H groups in total. The van der Waals surface area contributed by atoms with E-state index in [1.54, 1.807) is 0 Å². The van der Waals surface area contributed by atoms with Gasteiger partial charge < -0.3 is 10.5 Å². The summed E-state index contributed by atoms with van der Waals surface area (Å²) in [5, 5.41) is 0.828. The van der Waals surface area contributed by atoms with Crippen LogP contribution in [0.25, 0.3) is 0 Å². The molecule has 0 bridgehead atoms. The third-order valence-corrected chi connectivity index (χ3v) is 3.87. The van der Waals surface area contributed by atoms with Gasteiger partial charge >= 0.3 is 0 Å². The van der Waals surface area contributed by atoms with Crippen LogP contribution in [-0.4, -0.2) is 11.6 Å². The first kappa shape index (κ1) is 16.3. The van der Waals surface area contributed by atoms with E-state index < -0.39 is 0 Å². The van der Waals surface area contributed by atoms with Crippen molar-refractivity contribution in [2.24, 2.45) is 5.73 Å². The maximum Gasteiger partial charge on any atom is 0.123 e. The number of thiocarbonyl (C=S) groups is 1. The predicted molar refractivity (Wildman–Crippen MR) is 86.4 cm³/mol. The molecule has 0 aliphatic heterocycles. The lowest BCUT2D eigenvalue weighted by molar-refractivity contribution is 0.313. The van der Waals surface area contributed by atoms with E-state index in [9.17, 15) is 0 Å². The van der Waals surface area contributed by atoms with Crippen LogP contribution < -0.4 is 10.5 Å². The SMILES string of the molecule is CCCOc1cc(C)c(Cl)c(C)c1CCCC(N)=S. The Kier molecular flexibility index (Phi) is 6.59. The highest BCUT2D eigenvalue weighted by molar-refractivity contribution is 7.80. The van der Waals surface area contributed by atoms with Crippen molar-refractivity contribution in [1.29, 1.82) is 0 Å². The Bertz CT molecular complexity index is 460. The van der Waals surface area contributed by atoms with Crippen molar-refractivity contribution in [3.63, 3.8) is 0 Å². The molecule has 0 amide bonds. The first-order valence-corrected chi connectivity index (χ1v) is 7.45. The largest absolute Gasteiger partial charge is 0.493 e. The second kappa shape index (κ2) is 7.71. The molecule has 0 aliphatic carbocycles. The molecular formula is C15H22ClNOS. The van der Waals surface area contributed by atoms with Crippen LogP contribution in [0.3, 0.4) is 0 Å². The highest BCUT2D eigenvalue weighted by atomic mass is 35.5. The molecule has 0 aliphatic rings. The van der Waals surface area contributed by atoms with Gasteiger partial charge in [-0.05, 0) is 62.3 Å².